The average Bonchev–Trinajstić information content (AvgIpc) is 2.36. The predicted octanol–water partition coefficient (Wildman–Crippen LogP) is 3.97. The number of halogens is 3. The lowest BCUT2D eigenvalue weighted by atomic mass is 10.4. The maximum Gasteiger partial charge on any atom is 0.256 e. The Bertz CT molecular complexity index is 645. The molecule has 0 saturated heterocycles. The highest BCUT2D eigenvalue weighted by molar-refractivity contribution is 7.90. The van der Waals surface area contributed by atoms with Crippen LogP contribution < -0.4 is 0 Å². The van der Waals surface area contributed by atoms with Gasteiger partial charge in [-0.15, -0.1) is 21.0 Å². The Morgan fingerprint density at radius 3 is 2.24 bits per heavy atom. The highest BCUT2D eigenvalue weighted by atomic mass is 35.5. The van der Waals surface area contributed by atoms with Gasteiger partial charge >= 0.3 is 0 Å². The molecular weight excluding hydrogens is 369 g/mol. The molecule has 0 aliphatic heterocycles. The summed E-state index contributed by atoms with van der Waals surface area (Å²) in [6, 6.07) is 5.76. The lowest BCUT2D eigenvalue weighted by Gasteiger charge is -2.15. The van der Waals surface area contributed by atoms with Crippen LogP contribution in [0.5, 0.6) is 0 Å². The van der Waals surface area contributed by atoms with E-state index in [0.29, 0.717) is 8.85 Å². The lowest BCUT2D eigenvalue weighted by molar-refractivity contribution is 0.540. The predicted molar refractivity (Wildman–Crippen MR) is 92.0 cm³/mol. The second-order valence-corrected chi connectivity index (χ2v) is 13.6. The van der Waals surface area contributed by atoms with Crippen LogP contribution in [-0.4, -0.2) is 32.2 Å². The van der Waals surface area contributed by atoms with Crippen molar-refractivity contribution in [1.29, 1.82) is 0 Å². The normalized spacial score (nSPS) is 13.7. The minimum absolute atomic E-state index is 0.0592. The highest BCUT2D eigenvalue weighted by Gasteiger charge is 2.24. The third kappa shape index (κ3) is 6.19. The molecule has 8 heteroatoms. The van der Waals surface area contributed by atoms with Gasteiger partial charge in [-0.1, -0.05) is 37.2 Å². The van der Waals surface area contributed by atoms with Crippen LogP contribution in [0.2, 0.25) is 24.7 Å². The molecule has 21 heavy (non-hydrogen) atoms. The zero-order valence-electron chi connectivity index (χ0n) is 11.9. The van der Waals surface area contributed by atoms with E-state index in [1.54, 1.807) is 0 Å². The third-order valence-corrected chi connectivity index (χ3v) is 5.90. The lowest BCUT2D eigenvalue weighted by Crippen LogP contribution is -2.28. The molecule has 1 aromatic carbocycles. The van der Waals surface area contributed by atoms with Crippen molar-refractivity contribution in [3.63, 3.8) is 0 Å². The van der Waals surface area contributed by atoms with E-state index >= 15 is 0 Å². The summed E-state index contributed by atoms with van der Waals surface area (Å²) in [6.45, 7) is 6.14. The topological polar surface area (TPSA) is 37.4 Å². The molecule has 1 unspecified atom stereocenters. The van der Waals surface area contributed by atoms with Crippen LogP contribution in [0.3, 0.4) is 0 Å². The van der Waals surface area contributed by atoms with Gasteiger partial charge in [0.15, 0.2) is 0 Å². The molecule has 0 bridgehead atoms. The van der Waals surface area contributed by atoms with Gasteiger partial charge < -0.3 is 0 Å². The molecule has 0 amide bonds. The van der Waals surface area contributed by atoms with Crippen LogP contribution in [0.4, 0.5) is 0 Å². The van der Waals surface area contributed by atoms with E-state index < -0.39 is 23.5 Å². The quantitative estimate of drug-likeness (QED) is 0.341. The molecule has 0 saturated carbocycles. The summed E-state index contributed by atoms with van der Waals surface area (Å²) in [5.41, 5.74) is 3.09. The standard InChI is InChI=1S/C13H16Cl3NO2SSi/c1-21(2,3)9-8-12(15)10-17(16)20(18,19)13-6-4-11(14)5-7-13/h4-7,12H,10H2,1-3H3. The summed E-state index contributed by atoms with van der Waals surface area (Å²) in [5.74, 6) is 2.85. The van der Waals surface area contributed by atoms with Crippen molar-refractivity contribution in [2.24, 2.45) is 0 Å². The van der Waals surface area contributed by atoms with Crippen LogP contribution in [0, 0.1) is 11.5 Å². The number of hydrogen-bond donors (Lipinski definition) is 0. The smallest absolute Gasteiger partial charge is 0.206 e. The molecule has 1 aromatic rings. The molecule has 116 valence electrons. The highest BCUT2D eigenvalue weighted by Crippen LogP contribution is 2.20. The summed E-state index contributed by atoms with van der Waals surface area (Å²) in [7, 11) is -5.36. The number of benzene rings is 1. The summed E-state index contributed by atoms with van der Waals surface area (Å²) < 4.78 is 25.2. The van der Waals surface area contributed by atoms with Crippen LogP contribution >= 0.6 is 35.0 Å². The van der Waals surface area contributed by atoms with E-state index in [2.05, 4.69) is 31.1 Å². The monoisotopic (exact) mass is 383 g/mol. The van der Waals surface area contributed by atoms with Crippen LogP contribution in [0.25, 0.3) is 0 Å². The van der Waals surface area contributed by atoms with Crippen molar-refractivity contribution in [2.75, 3.05) is 6.54 Å². The fourth-order valence-electron chi connectivity index (χ4n) is 1.29. The molecule has 0 aliphatic carbocycles. The first kappa shape index (κ1) is 18.8. The average molecular weight is 385 g/mol. The molecule has 3 nitrogen and oxygen atoms in total. The van der Waals surface area contributed by atoms with Gasteiger partial charge in [-0.2, -0.15) is 0 Å². The van der Waals surface area contributed by atoms with Gasteiger partial charge in [0.1, 0.15) is 13.5 Å². The SMILES string of the molecule is C[Si](C)(C)C#CC(Cl)CN(Cl)S(=O)(=O)c1ccc(Cl)cc1. The van der Waals surface area contributed by atoms with Crippen molar-refractivity contribution < 1.29 is 8.42 Å². The Hall–Kier alpha value is -0.223. The number of alkyl halides is 1. The molecule has 0 radical (unpaired) electrons. The third-order valence-electron chi connectivity index (χ3n) is 2.28. The fourth-order valence-corrected chi connectivity index (χ4v) is 3.89. The first-order chi connectivity index (χ1) is 9.52. The minimum atomic E-state index is -3.81. The summed E-state index contributed by atoms with van der Waals surface area (Å²) in [6.07, 6.45) is 0. The van der Waals surface area contributed by atoms with Crippen molar-refractivity contribution in [3.05, 3.63) is 29.3 Å². The molecule has 0 fully saturated rings. The second-order valence-electron chi connectivity index (χ2n) is 5.42. The van der Waals surface area contributed by atoms with Crippen LogP contribution in [0.1, 0.15) is 0 Å². The van der Waals surface area contributed by atoms with Gasteiger partial charge in [0, 0.05) is 5.02 Å². The number of rotatable bonds is 4. The molecule has 0 N–H and O–H groups in total. The Kier molecular flexibility index (Phi) is 6.60. The Morgan fingerprint density at radius 2 is 1.76 bits per heavy atom. The zero-order valence-corrected chi connectivity index (χ0v) is 16.0. The van der Waals surface area contributed by atoms with E-state index in [0.717, 1.165) is 0 Å². The summed E-state index contributed by atoms with van der Waals surface area (Å²) in [4.78, 5) is 0.0592. The van der Waals surface area contributed by atoms with Gasteiger partial charge in [0.25, 0.3) is 10.0 Å². The van der Waals surface area contributed by atoms with E-state index in [1.165, 1.54) is 24.3 Å². The maximum atomic E-state index is 12.2. The maximum absolute atomic E-state index is 12.2. The van der Waals surface area contributed by atoms with Gasteiger partial charge in [-0.05, 0) is 36.0 Å². The summed E-state index contributed by atoms with van der Waals surface area (Å²) >= 11 is 17.6. The Labute approximate surface area is 142 Å². The molecule has 0 aliphatic rings. The van der Waals surface area contributed by atoms with Gasteiger partial charge in [0.2, 0.25) is 0 Å². The fraction of sp³-hybridized carbons (Fsp3) is 0.385. The molecule has 1 rings (SSSR count). The molecule has 0 heterocycles. The number of sulfonamides is 1. The van der Waals surface area contributed by atoms with Crippen molar-refractivity contribution >= 4 is 53.1 Å². The van der Waals surface area contributed by atoms with E-state index in [9.17, 15) is 8.42 Å². The van der Waals surface area contributed by atoms with Crippen LogP contribution in [-0.2, 0) is 10.0 Å². The first-order valence-electron chi connectivity index (χ1n) is 6.13. The molecular formula is C13H16Cl3NO2SSi. The minimum Gasteiger partial charge on any atom is -0.206 e. The van der Waals surface area contributed by atoms with Crippen molar-refractivity contribution in [2.45, 2.75) is 29.9 Å². The van der Waals surface area contributed by atoms with Gasteiger partial charge in [-0.25, -0.2) is 8.42 Å². The molecule has 1 atom stereocenters. The largest absolute Gasteiger partial charge is 0.256 e. The van der Waals surface area contributed by atoms with Crippen molar-refractivity contribution in [1.82, 2.24) is 3.82 Å². The van der Waals surface area contributed by atoms with Gasteiger partial charge in [0.05, 0.1) is 11.4 Å². The Morgan fingerprint density at radius 1 is 1.24 bits per heavy atom. The zero-order chi connectivity index (χ0) is 16.3. The summed E-state index contributed by atoms with van der Waals surface area (Å²) in [5, 5.41) is -0.206. The van der Waals surface area contributed by atoms with E-state index in [-0.39, 0.29) is 11.4 Å². The number of nitrogens with zero attached hydrogens (tertiary/aromatic N) is 1. The molecule has 0 spiro atoms. The van der Waals surface area contributed by atoms with Crippen LogP contribution in [0.15, 0.2) is 29.2 Å². The second kappa shape index (κ2) is 7.36. The first-order valence-corrected chi connectivity index (χ1v) is 12.2. The van der Waals surface area contributed by atoms with Gasteiger partial charge in [-0.3, -0.25) is 0 Å². The number of hydrogen-bond acceptors (Lipinski definition) is 2. The molecule has 0 aromatic heterocycles. The van der Waals surface area contributed by atoms with Crippen molar-refractivity contribution in [3.8, 4) is 11.5 Å². The van der Waals surface area contributed by atoms with E-state index in [1.807, 2.05) is 0 Å². The van der Waals surface area contributed by atoms with E-state index in [4.69, 9.17) is 35.0 Å². The Balaban J connectivity index is 2.84.